The predicted octanol–water partition coefficient (Wildman–Crippen LogP) is 2.93. The van der Waals surface area contributed by atoms with E-state index in [1.54, 1.807) is 0 Å². The zero-order chi connectivity index (χ0) is 21.1. The van der Waals surface area contributed by atoms with Gasteiger partial charge in [-0.1, -0.05) is 0 Å². The molecule has 0 aromatic carbocycles. The Morgan fingerprint density at radius 2 is 1.90 bits per heavy atom. The number of aromatic nitrogens is 4. The van der Waals surface area contributed by atoms with Gasteiger partial charge in [-0.15, -0.1) is 0 Å². The van der Waals surface area contributed by atoms with Crippen LogP contribution in [0.15, 0.2) is 12.1 Å². The van der Waals surface area contributed by atoms with Crippen molar-refractivity contribution >= 4 is 23.4 Å². The largest absolute Gasteiger partial charge is 0.363 e. The molecule has 2 aliphatic rings. The average molecular weight is 410 g/mol. The van der Waals surface area contributed by atoms with Crippen molar-refractivity contribution in [2.24, 2.45) is 5.92 Å². The normalized spacial score (nSPS) is 25.4. The van der Waals surface area contributed by atoms with Gasteiger partial charge in [0, 0.05) is 56.5 Å². The highest BCUT2D eigenvalue weighted by atomic mass is 15.3. The Morgan fingerprint density at radius 3 is 2.53 bits per heavy atom. The van der Waals surface area contributed by atoms with Crippen LogP contribution in [-0.2, 0) is 0 Å². The van der Waals surface area contributed by atoms with E-state index in [0.29, 0.717) is 42.2 Å². The molecule has 2 bridgehead atoms. The lowest BCUT2D eigenvalue weighted by Crippen LogP contribution is -2.54. The average Bonchev–Trinajstić information content (AvgIpc) is 3.10. The van der Waals surface area contributed by atoms with Crippen LogP contribution in [0.3, 0.4) is 0 Å². The van der Waals surface area contributed by atoms with Crippen LogP contribution in [0.1, 0.15) is 44.2 Å². The van der Waals surface area contributed by atoms with E-state index in [4.69, 9.17) is 15.2 Å². The van der Waals surface area contributed by atoms with Gasteiger partial charge in [0.25, 0.3) is 0 Å². The lowest BCUT2D eigenvalue weighted by Gasteiger charge is -2.43. The molecule has 2 atom stereocenters. The number of piperidine rings is 2. The fourth-order valence-corrected chi connectivity index (χ4v) is 4.69. The van der Waals surface area contributed by atoms with Gasteiger partial charge in [0.05, 0.1) is 6.07 Å². The van der Waals surface area contributed by atoms with Crippen LogP contribution in [0.2, 0.25) is 0 Å². The molecule has 2 fully saturated rings. The molecule has 9 nitrogen and oxygen atoms in total. The summed E-state index contributed by atoms with van der Waals surface area (Å²) < 4.78 is 0. The van der Waals surface area contributed by atoms with Gasteiger partial charge >= 0.3 is 0 Å². The molecule has 0 amide bonds. The van der Waals surface area contributed by atoms with E-state index in [1.165, 1.54) is 0 Å². The molecule has 0 spiro atoms. The second kappa shape index (κ2) is 8.88. The van der Waals surface area contributed by atoms with Crippen molar-refractivity contribution in [2.45, 2.75) is 63.6 Å². The number of fused-ring (bicyclic) bond motifs is 2. The first-order valence-corrected chi connectivity index (χ1v) is 10.7. The van der Waals surface area contributed by atoms with E-state index in [-0.39, 0.29) is 0 Å². The summed E-state index contributed by atoms with van der Waals surface area (Å²) in [6.45, 7) is 1.97. The molecule has 2 saturated heterocycles. The van der Waals surface area contributed by atoms with Crippen LogP contribution < -0.4 is 20.9 Å². The van der Waals surface area contributed by atoms with Gasteiger partial charge in [-0.3, -0.25) is 5.10 Å². The highest BCUT2D eigenvalue weighted by Crippen LogP contribution is 2.33. The van der Waals surface area contributed by atoms with Gasteiger partial charge in [0.1, 0.15) is 11.6 Å². The van der Waals surface area contributed by atoms with Crippen LogP contribution >= 0.6 is 0 Å². The first-order chi connectivity index (χ1) is 14.5. The molecular weight excluding hydrogens is 378 g/mol. The molecule has 2 aliphatic heterocycles. The summed E-state index contributed by atoms with van der Waals surface area (Å²) in [4.78, 5) is 11.4. The van der Waals surface area contributed by atoms with Crippen molar-refractivity contribution in [1.29, 1.82) is 5.26 Å². The molecule has 2 aromatic rings. The molecule has 0 radical (unpaired) electrons. The summed E-state index contributed by atoms with van der Waals surface area (Å²) in [5.74, 6) is 3.60. The smallest absolute Gasteiger partial charge is 0.226 e. The quantitative estimate of drug-likeness (QED) is 0.551. The Labute approximate surface area is 177 Å². The van der Waals surface area contributed by atoms with Crippen molar-refractivity contribution in [3.63, 3.8) is 0 Å². The number of nitrogens with zero attached hydrogens (tertiary/aromatic N) is 5. The van der Waals surface area contributed by atoms with Crippen molar-refractivity contribution in [3.8, 4) is 6.07 Å². The highest BCUT2D eigenvalue weighted by Gasteiger charge is 2.35. The number of rotatable bonds is 7. The monoisotopic (exact) mass is 409 g/mol. The van der Waals surface area contributed by atoms with E-state index in [1.807, 2.05) is 38.1 Å². The van der Waals surface area contributed by atoms with Gasteiger partial charge in [-0.05, 0) is 44.9 Å². The Kier molecular flexibility index (Phi) is 6.04. The van der Waals surface area contributed by atoms with Gasteiger partial charge < -0.3 is 20.9 Å². The summed E-state index contributed by atoms with van der Waals surface area (Å²) in [6, 6.07) is 7.51. The molecule has 0 aliphatic carbocycles. The molecule has 4 N–H and O–H groups in total. The summed E-state index contributed by atoms with van der Waals surface area (Å²) in [7, 11) is 3.95. The van der Waals surface area contributed by atoms with Crippen LogP contribution in [0.5, 0.6) is 0 Å². The molecule has 2 aromatic heterocycles. The summed E-state index contributed by atoms with van der Waals surface area (Å²) in [6.07, 6.45) is 6.11. The second-order valence-corrected chi connectivity index (χ2v) is 8.80. The van der Waals surface area contributed by atoms with Crippen LogP contribution in [-0.4, -0.2) is 52.4 Å². The Hall–Kier alpha value is -2.86. The van der Waals surface area contributed by atoms with E-state index in [9.17, 15) is 0 Å². The molecule has 2 unspecified atom stereocenters. The standard InChI is InChI=1S/C21H31N9/c1-13-7-19(29-28-13)25-18-12-20(30(2)3)27-21(26-18)24-17-10-15-8-14(5-4-6-22)9-16(11-17)23-15/h7,12,14-17,23H,4-5,8-11H2,1-3H3,(H3,24,25,26,27,28,29). The van der Waals surface area contributed by atoms with Crippen LogP contribution in [0.4, 0.5) is 23.4 Å². The second-order valence-electron chi connectivity index (χ2n) is 8.80. The molecule has 160 valence electrons. The maximum atomic E-state index is 8.88. The van der Waals surface area contributed by atoms with Crippen molar-refractivity contribution in [1.82, 2.24) is 25.5 Å². The Balaban J connectivity index is 1.44. The summed E-state index contributed by atoms with van der Waals surface area (Å²) >= 11 is 0. The minimum Gasteiger partial charge on any atom is -0.363 e. The van der Waals surface area contributed by atoms with Crippen LogP contribution in [0, 0.1) is 24.2 Å². The third kappa shape index (κ3) is 5.00. The third-order valence-corrected chi connectivity index (χ3v) is 5.98. The van der Waals surface area contributed by atoms with E-state index in [2.05, 4.69) is 32.2 Å². The number of aryl methyl sites for hydroxylation is 1. The maximum absolute atomic E-state index is 8.88. The fraction of sp³-hybridized carbons (Fsp3) is 0.619. The number of aromatic amines is 1. The van der Waals surface area contributed by atoms with Gasteiger partial charge in [-0.25, -0.2) is 0 Å². The van der Waals surface area contributed by atoms with Gasteiger partial charge in [-0.2, -0.15) is 20.3 Å². The fourth-order valence-electron chi connectivity index (χ4n) is 4.69. The zero-order valence-electron chi connectivity index (χ0n) is 17.9. The van der Waals surface area contributed by atoms with E-state index < -0.39 is 0 Å². The van der Waals surface area contributed by atoms with E-state index >= 15 is 0 Å². The van der Waals surface area contributed by atoms with E-state index in [0.717, 1.165) is 49.4 Å². The van der Waals surface area contributed by atoms with Gasteiger partial charge in [0.15, 0.2) is 5.82 Å². The molecular formula is C21H31N9. The summed E-state index contributed by atoms with van der Waals surface area (Å²) in [5.41, 5.74) is 0.993. The number of H-pyrrole nitrogens is 1. The minimum absolute atomic E-state index is 0.344. The zero-order valence-corrected chi connectivity index (χ0v) is 17.9. The minimum atomic E-state index is 0.344. The van der Waals surface area contributed by atoms with Crippen molar-refractivity contribution in [3.05, 3.63) is 17.8 Å². The van der Waals surface area contributed by atoms with Crippen molar-refractivity contribution in [2.75, 3.05) is 29.6 Å². The Morgan fingerprint density at radius 1 is 1.13 bits per heavy atom. The molecule has 0 saturated carbocycles. The number of anilines is 4. The van der Waals surface area contributed by atoms with Gasteiger partial charge in [0.2, 0.25) is 5.95 Å². The third-order valence-electron chi connectivity index (χ3n) is 5.98. The maximum Gasteiger partial charge on any atom is 0.226 e. The lowest BCUT2D eigenvalue weighted by molar-refractivity contribution is 0.171. The SMILES string of the molecule is Cc1cc(Nc2cc(N(C)C)nc(NC3CC4CC(CCC#N)CC(C3)N4)n2)n[nH]1. The molecule has 9 heteroatoms. The lowest BCUT2D eigenvalue weighted by atomic mass is 9.77. The first-order valence-electron chi connectivity index (χ1n) is 10.7. The topological polar surface area (TPSA) is 118 Å². The predicted molar refractivity (Wildman–Crippen MR) is 118 cm³/mol. The number of nitrogens with one attached hydrogen (secondary N) is 4. The van der Waals surface area contributed by atoms with Crippen LogP contribution in [0.25, 0.3) is 0 Å². The molecule has 4 rings (SSSR count). The molecule has 4 heterocycles. The van der Waals surface area contributed by atoms with Crippen molar-refractivity contribution < 1.29 is 0 Å². The Bertz CT molecular complexity index is 886. The highest BCUT2D eigenvalue weighted by molar-refractivity contribution is 5.59. The summed E-state index contributed by atoms with van der Waals surface area (Å²) in [5, 5.41) is 26.7. The first kappa shape index (κ1) is 20.4. The number of hydrogen-bond donors (Lipinski definition) is 4. The molecule has 30 heavy (non-hydrogen) atoms. The number of hydrogen-bond acceptors (Lipinski definition) is 8. The number of nitriles is 1.